The molecule has 19 heavy (non-hydrogen) atoms. The fraction of sp³-hybridized carbons (Fsp3) is 0.500. The molecule has 0 unspecified atom stereocenters. The molecule has 0 bridgehead atoms. The Morgan fingerprint density at radius 1 is 1.11 bits per heavy atom. The second-order valence-corrected chi connectivity index (χ2v) is 4.81. The van der Waals surface area contributed by atoms with Gasteiger partial charge in [0.1, 0.15) is 0 Å². The first-order chi connectivity index (χ1) is 8.90. The van der Waals surface area contributed by atoms with E-state index in [0.29, 0.717) is 25.9 Å². The highest BCUT2D eigenvalue weighted by molar-refractivity contribution is 6.02. The van der Waals surface area contributed by atoms with Crippen molar-refractivity contribution in [3.8, 4) is 0 Å². The molecule has 1 heterocycles. The molecule has 5 heteroatoms. The number of allylic oxidation sites excluding steroid dienone is 2. The van der Waals surface area contributed by atoms with E-state index in [0.717, 1.165) is 11.1 Å². The van der Waals surface area contributed by atoms with Crippen molar-refractivity contribution in [2.24, 2.45) is 0 Å². The molecule has 0 aromatic heterocycles. The number of hydrogen-bond donors (Lipinski definition) is 1. The molecule has 1 fully saturated rings. The molecule has 1 aliphatic rings. The molecule has 1 saturated heterocycles. The molecule has 1 N–H and O–H groups in total. The lowest BCUT2D eigenvalue weighted by atomic mass is 10.2. The molecule has 0 aromatic carbocycles. The Morgan fingerprint density at radius 2 is 1.63 bits per heavy atom. The molecule has 0 atom stereocenters. The fourth-order valence-corrected chi connectivity index (χ4v) is 1.71. The number of imide groups is 1. The summed E-state index contributed by atoms with van der Waals surface area (Å²) in [5.41, 5.74) is 1.94. The van der Waals surface area contributed by atoms with E-state index in [9.17, 15) is 14.4 Å². The van der Waals surface area contributed by atoms with E-state index in [1.54, 1.807) is 0 Å². The molecule has 1 aliphatic heterocycles. The number of nitrogens with one attached hydrogen (secondary N) is 1. The first kappa shape index (κ1) is 15.1. The van der Waals surface area contributed by atoms with Crippen molar-refractivity contribution in [1.82, 2.24) is 10.2 Å². The molecule has 5 nitrogen and oxygen atoms in total. The highest BCUT2D eigenvalue weighted by Crippen LogP contribution is 2.13. The summed E-state index contributed by atoms with van der Waals surface area (Å²) >= 11 is 0. The number of likely N-dealkylation sites (tertiary alicyclic amines) is 1. The number of carbonyl (C=O) groups excluding carboxylic acids is 3. The van der Waals surface area contributed by atoms with Gasteiger partial charge in [0.25, 0.3) is 0 Å². The first-order valence-corrected chi connectivity index (χ1v) is 6.30. The van der Waals surface area contributed by atoms with Crippen LogP contribution in [-0.2, 0) is 14.4 Å². The minimum absolute atomic E-state index is 0.0679. The monoisotopic (exact) mass is 264 g/mol. The largest absolute Gasteiger partial charge is 0.353 e. The predicted octanol–water partition coefficient (Wildman–Crippen LogP) is 1.16. The summed E-state index contributed by atoms with van der Waals surface area (Å²) in [5.74, 6) is -0.268. The molecular weight excluding hydrogens is 244 g/mol. The van der Waals surface area contributed by atoms with Crippen molar-refractivity contribution >= 4 is 17.7 Å². The van der Waals surface area contributed by atoms with Crippen LogP contribution >= 0.6 is 0 Å². The molecule has 3 amide bonds. The van der Waals surface area contributed by atoms with Crippen molar-refractivity contribution in [3.05, 3.63) is 23.3 Å². The molecule has 0 aliphatic carbocycles. The predicted molar refractivity (Wildman–Crippen MR) is 72.2 cm³/mol. The SMILES string of the molecule is CC(=O)NC/C(C)=C/C=C(\C)CN1C(=O)CCC1=O. The third kappa shape index (κ3) is 5.07. The van der Waals surface area contributed by atoms with Crippen LogP contribution in [0.1, 0.15) is 33.6 Å². The third-order valence-electron chi connectivity index (χ3n) is 2.83. The Morgan fingerprint density at radius 3 is 2.16 bits per heavy atom. The van der Waals surface area contributed by atoms with E-state index in [4.69, 9.17) is 0 Å². The Labute approximate surface area is 113 Å². The normalized spacial score (nSPS) is 17.1. The van der Waals surface area contributed by atoms with Crippen molar-refractivity contribution in [2.45, 2.75) is 33.6 Å². The van der Waals surface area contributed by atoms with Gasteiger partial charge in [-0.1, -0.05) is 23.3 Å². The molecule has 104 valence electrons. The fourth-order valence-electron chi connectivity index (χ4n) is 1.71. The Hall–Kier alpha value is -1.91. The zero-order valence-corrected chi connectivity index (χ0v) is 11.7. The number of rotatable bonds is 5. The summed E-state index contributed by atoms with van der Waals surface area (Å²) in [7, 11) is 0. The average Bonchev–Trinajstić information content (AvgIpc) is 2.65. The molecular formula is C14H20N2O3. The van der Waals surface area contributed by atoms with Gasteiger partial charge in [0.05, 0.1) is 0 Å². The van der Waals surface area contributed by atoms with Crippen LogP contribution < -0.4 is 5.32 Å². The maximum atomic E-state index is 11.5. The summed E-state index contributed by atoms with van der Waals surface area (Å²) in [5, 5.41) is 2.70. The Kier molecular flexibility index (Phi) is 5.48. The highest BCUT2D eigenvalue weighted by Gasteiger charge is 2.28. The van der Waals surface area contributed by atoms with E-state index in [2.05, 4.69) is 5.32 Å². The van der Waals surface area contributed by atoms with E-state index in [1.165, 1.54) is 11.8 Å². The van der Waals surface area contributed by atoms with Crippen molar-refractivity contribution < 1.29 is 14.4 Å². The van der Waals surface area contributed by atoms with E-state index >= 15 is 0 Å². The van der Waals surface area contributed by atoms with Crippen LogP contribution in [0.5, 0.6) is 0 Å². The van der Waals surface area contributed by atoms with Crippen LogP contribution in [0.2, 0.25) is 0 Å². The van der Waals surface area contributed by atoms with Gasteiger partial charge >= 0.3 is 0 Å². The van der Waals surface area contributed by atoms with Gasteiger partial charge in [0, 0.05) is 32.9 Å². The molecule has 0 saturated carbocycles. The number of carbonyl (C=O) groups is 3. The lowest BCUT2D eigenvalue weighted by Gasteiger charge is -2.13. The van der Waals surface area contributed by atoms with Gasteiger partial charge in [-0.25, -0.2) is 0 Å². The van der Waals surface area contributed by atoms with Crippen LogP contribution in [0.15, 0.2) is 23.3 Å². The smallest absolute Gasteiger partial charge is 0.229 e. The summed E-state index contributed by atoms with van der Waals surface area (Å²) in [6.45, 7) is 6.11. The quantitative estimate of drug-likeness (QED) is 0.598. The zero-order chi connectivity index (χ0) is 14.4. The first-order valence-electron chi connectivity index (χ1n) is 6.30. The van der Waals surface area contributed by atoms with Crippen LogP contribution in [0.25, 0.3) is 0 Å². The minimum atomic E-state index is -0.100. The second-order valence-electron chi connectivity index (χ2n) is 4.81. The highest BCUT2D eigenvalue weighted by atomic mass is 16.2. The number of nitrogens with zero attached hydrogens (tertiary/aromatic N) is 1. The van der Waals surface area contributed by atoms with Gasteiger partial charge in [-0.05, 0) is 13.8 Å². The maximum absolute atomic E-state index is 11.5. The Balaban J connectivity index is 2.52. The van der Waals surface area contributed by atoms with Gasteiger partial charge in [-0.3, -0.25) is 19.3 Å². The molecule has 0 aromatic rings. The van der Waals surface area contributed by atoms with Gasteiger partial charge < -0.3 is 5.32 Å². The third-order valence-corrected chi connectivity index (χ3v) is 2.83. The van der Waals surface area contributed by atoms with Crippen LogP contribution in [0, 0.1) is 0 Å². The van der Waals surface area contributed by atoms with Crippen molar-refractivity contribution in [1.29, 1.82) is 0 Å². The van der Waals surface area contributed by atoms with Gasteiger partial charge in [-0.15, -0.1) is 0 Å². The summed E-state index contributed by atoms with van der Waals surface area (Å²) in [6.07, 6.45) is 4.40. The molecule has 0 spiro atoms. The van der Waals surface area contributed by atoms with E-state index in [1.807, 2.05) is 26.0 Å². The minimum Gasteiger partial charge on any atom is -0.353 e. The summed E-state index contributed by atoms with van der Waals surface area (Å²) in [4.78, 5) is 34.9. The lowest BCUT2D eigenvalue weighted by Crippen LogP contribution is -2.30. The van der Waals surface area contributed by atoms with Crippen molar-refractivity contribution in [2.75, 3.05) is 13.1 Å². The number of hydrogen-bond acceptors (Lipinski definition) is 3. The Bertz CT molecular complexity index is 434. The second kappa shape index (κ2) is 6.87. The van der Waals surface area contributed by atoms with Gasteiger partial charge in [0.15, 0.2) is 0 Å². The molecule has 0 radical (unpaired) electrons. The van der Waals surface area contributed by atoms with Crippen LogP contribution in [-0.4, -0.2) is 35.7 Å². The average molecular weight is 264 g/mol. The lowest BCUT2D eigenvalue weighted by molar-refractivity contribution is -0.137. The van der Waals surface area contributed by atoms with Crippen LogP contribution in [0.3, 0.4) is 0 Å². The summed E-state index contributed by atoms with van der Waals surface area (Å²) < 4.78 is 0. The summed E-state index contributed by atoms with van der Waals surface area (Å²) in [6, 6.07) is 0. The molecule has 1 rings (SSSR count). The van der Waals surface area contributed by atoms with Gasteiger partial charge in [0.2, 0.25) is 17.7 Å². The zero-order valence-electron chi connectivity index (χ0n) is 11.7. The van der Waals surface area contributed by atoms with E-state index < -0.39 is 0 Å². The van der Waals surface area contributed by atoms with Gasteiger partial charge in [-0.2, -0.15) is 0 Å². The van der Waals surface area contributed by atoms with E-state index in [-0.39, 0.29) is 17.7 Å². The van der Waals surface area contributed by atoms with Crippen LogP contribution in [0.4, 0.5) is 0 Å². The maximum Gasteiger partial charge on any atom is 0.229 e. The topological polar surface area (TPSA) is 66.5 Å². The number of amides is 3. The standard InChI is InChI=1S/C14H20N2O3/c1-10(8-15-12(3)17)4-5-11(2)9-16-13(18)6-7-14(16)19/h4-5H,6-9H2,1-3H3,(H,15,17)/b10-4+,11-5+. The van der Waals surface area contributed by atoms with Crippen molar-refractivity contribution in [3.63, 3.8) is 0 Å².